The van der Waals surface area contributed by atoms with Crippen molar-refractivity contribution < 1.29 is 4.79 Å². The second-order valence-corrected chi connectivity index (χ2v) is 4.48. The van der Waals surface area contributed by atoms with Gasteiger partial charge in [-0.25, -0.2) is 9.28 Å². The van der Waals surface area contributed by atoms with E-state index in [4.69, 9.17) is 0 Å². The van der Waals surface area contributed by atoms with Gasteiger partial charge in [0.25, 0.3) is 0 Å². The first-order valence-electron chi connectivity index (χ1n) is 5.56. The maximum Gasteiger partial charge on any atom is 0.426 e. The molecule has 1 N–H and O–H groups in total. The predicted molar refractivity (Wildman–Crippen MR) is 63.9 cm³/mol. The smallest absolute Gasteiger partial charge is 0.426 e. The van der Waals surface area contributed by atoms with Gasteiger partial charge in [-0.3, -0.25) is 12.4 Å². The van der Waals surface area contributed by atoms with E-state index in [1.165, 1.54) is 0 Å². The van der Waals surface area contributed by atoms with Gasteiger partial charge in [0.2, 0.25) is 0 Å². The summed E-state index contributed by atoms with van der Waals surface area (Å²) in [7, 11) is 3.92. The molecule has 1 fully saturated rings. The average Bonchev–Trinajstić information content (AvgIpc) is 2.57. The number of benzene rings is 1. The molecule has 0 aromatic heterocycles. The van der Waals surface area contributed by atoms with E-state index >= 15 is 0 Å². The number of urea groups is 1. The summed E-state index contributed by atoms with van der Waals surface area (Å²) in [6, 6.07) is 8.08. The zero-order chi connectivity index (χ0) is 11.2. The fourth-order valence-corrected chi connectivity index (χ4v) is 2.58. The average molecular weight is 217 g/mol. The minimum absolute atomic E-state index is 0.106. The molecule has 16 heavy (non-hydrogen) atoms. The van der Waals surface area contributed by atoms with E-state index in [-0.39, 0.29) is 6.03 Å². The maximum absolute atomic E-state index is 12.1. The maximum atomic E-state index is 12.1. The fraction of sp³-hybridized carbons (Fsp3) is 0.333. The molecular weight excluding hydrogens is 202 g/mol. The summed E-state index contributed by atoms with van der Waals surface area (Å²) >= 11 is 0. The second kappa shape index (κ2) is 3.30. The Kier molecular flexibility index (Phi) is 2.02. The fourth-order valence-electron chi connectivity index (χ4n) is 2.58. The third-order valence-electron chi connectivity index (χ3n) is 3.59. The molecule has 0 saturated carbocycles. The lowest BCUT2D eigenvalue weighted by atomic mass is 10.2. The molecule has 2 aliphatic heterocycles. The van der Waals surface area contributed by atoms with Gasteiger partial charge < -0.3 is 4.90 Å². The number of rotatable bonds is 0. The van der Waals surface area contributed by atoms with Gasteiger partial charge in [-0.2, -0.15) is 0 Å². The molecule has 2 heterocycles. The summed E-state index contributed by atoms with van der Waals surface area (Å²) in [6.45, 7) is 3.35. The summed E-state index contributed by atoms with van der Waals surface area (Å²) in [5.41, 5.74) is 2.07. The van der Waals surface area contributed by atoms with Crippen LogP contribution in [0.1, 0.15) is 0 Å². The Morgan fingerprint density at radius 3 is 2.69 bits per heavy atom. The van der Waals surface area contributed by atoms with Crippen LogP contribution in [0.2, 0.25) is 0 Å². The Balaban J connectivity index is 2.04. The number of hydrogen-bond donors (Lipinski definition) is 1. The lowest BCUT2D eigenvalue weighted by Gasteiger charge is -2.40. The molecule has 4 nitrogen and oxygen atoms in total. The molecule has 0 aliphatic carbocycles. The summed E-state index contributed by atoms with van der Waals surface area (Å²) in [5.74, 6) is 0. The van der Waals surface area contributed by atoms with Gasteiger partial charge in [0.05, 0.1) is 0 Å². The van der Waals surface area contributed by atoms with Crippen molar-refractivity contribution in [2.24, 2.45) is 0 Å². The van der Waals surface area contributed by atoms with Gasteiger partial charge in [-0.05, 0) is 6.07 Å². The van der Waals surface area contributed by atoms with Crippen LogP contribution in [0.15, 0.2) is 24.3 Å². The highest BCUT2D eigenvalue weighted by Crippen LogP contribution is 2.38. The first-order valence-corrected chi connectivity index (χ1v) is 5.56. The minimum atomic E-state index is 0.106. The summed E-state index contributed by atoms with van der Waals surface area (Å²) in [5, 5.41) is 2.97. The first kappa shape index (κ1) is 9.81. The summed E-state index contributed by atoms with van der Waals surface area (Å²) in [6.07, 6.45) is 0. The van der Waals surface area contributed by atoms with E-state index in [1.807, 2.05) is 29.2 Å². The van der Waals surface area contributed by atoms with Crippen molar-refractivity contribution in [1.82, 2.24) is 9.38 Å². The van der Waals surface area contributed by atoms with Crippen LogP contribution >= 0.6 is 0 Å². The van der Waals surface area contributed by atoms with Crippen molar-refractivity contribution in [3.63, 3.8) is 0 Å². The van der Waals surface area contributed by atoms with E-state index in [1.54, 1.807) is 0 Å². The molecule has 1 aromatic rings. The van der Waals surface area contributed by atoms with Gasteiger partial charge in [0.15, 0.2) is 5.69 Å². The van der Waals surface area contributed by atoms with Gasteiger partial charge in [0.1, 0.15) is 18.8 Å². The SMILES string of the molecule is [CH2-]N1CC[N+]2(CC1)C(=O)Nc1ccccc12. The van der Waals surface area contributed by atoms with E-state index in [9.17, 15) is 4.79 Å². The number of hydrogen-bond acceptors (Lipinski definition) is 2. The molecular formula is C12H15N3O. The number of quaternary nitrogens is 1. The Morgan fingerprint density at radius 1 is 1.25 bits per heavy atom. The predicted octanol–water partition coefficient (Wildman–Crippen LogP) is 1.65. The number of nitrogens with one attached hydrogen (secondary N) is 1. The Bertz CT molecular complexity index is 436. The second-order valence-electron chi connectivity index (χ2n) is 4.48. The molecule has 1 saturated heterocycles. The van der Waals surface area contributed by atoms with Crippen molar-refractivity contribution in [2.45, 2.75) is 0 Å². The number of amides is 2. The van der Waals surface area contributed by atoms with E-state index in [0.29, 0.717) is 4.48 Å². The van der Waals surface area contributed by atoms with Gasteiger partial charge in [-0.1, -0.05) is 12.1 Å². The number of nitrogens with zero attached hydrogens (tertiary/aromatic N) is 2. The Labute approximate surface area is 95.1 Å². The summed E-state index contributed by atoms with van der Waals surface area (Å²) < 4.78 is 0.447. The largest absolute Gasteiger partial charge is 0.450 e. The highest BCUT2D eigenvalue weighted by Gasteiger charge is 2.47. The molecule has 4 heteroatoms. The van der Waals surface area contributed by atoms with E-state index in [0.717, 1.165) is 37.6 Å². The lowest BCUT2D eigenvalue weighted by Crippen LogP contribution is -2.61. The highest BCUT2D eigenvalue weighted by atomic mass is 16.2. The van der Waals surface area contributed by atoms with Crippen molar-refractivity contribution in [1.29, 1.82) is 0 Å². The number of para-hydroxylation sites is 2. The van der Waals surface area contributed by atoms with Crippen molar-refractivity contribution >= 4 is 17.4 Å². The number of fused-ring (bicyclic) bond motifs is 2. The highest BCUT2D eigenvalue weighted by molar-refractivity contribution is 6.07. The molecule has 3 rings (SSSR count). The third kappa shape index (κ3) is 1.20. The molecule has 0 unspecified atom stereocenters. The minimum Gasteiger partial charge on any atom is -0.450 e. The molecule has 2 aliphatic rings. The van der Waals surface area contributed by atoms with Crippen LogP contribution in [0.4, 0.5) is 16.2 Å². The summed E-state index contributed by atoms with van der Waals surface area (Å²) in [4.78, 5) is 14.2. The van der Waals surface area contributed by atoms with Crippen molar-refractivity contribution in [3.8, 4) is 0 Å². The standard InChI is InChI=1S/C12H15N3O/c1-14-6-8-15(9-7-14)11-5-3-2-4-10(11)13-12(15)16/h2-5H,1,6-9H2,(H,13,16). The molecule has 1 spiro atoms. The van der Waals surface area contributed by atoms with Crippen LogP contribution in [0, 0.1) is 7.05 Å². The first-order chi connectivity index (χ1) is 7.72. The topological polar surface area (TPSA) is 32.3 Å². The third-order valence-corrected chi connectivity index (χ3v) is 3.59. The van der Waals surface area contributed by atoms with Crippen LogP contribution in [0.5, 0.6) is 0 Å². The molecule has 2 amide bonds. The molecule has 1 aromatic carbocycles. The van der Waals surface area contributed by atoms with Crippen LogP contribution in [-0.2, 0) is 0 Å². The molecule has 84 valence electrons. The monoisotopic (exact) mass is 217 g/mol. The van der Waals surface area contributed by atoms with E-state index < -0.39 is 0 Å². The normalized spacial score (nSPS) is 23.2. The van der Waals surface area contributed by atoms with Crippen LogP contribution in [-0.4, -0.2) is 37.1 Å². The zero-order valence-electron chi connectivity index (χ0n) is 9.15. The van der Waals surface area contributed by atoms with Crippen LogP contribution in [0.3, 0.4) is 0 Å². The van der Waals surface area contributed by atoms with Gasteiger partial charge >= 0.3 is 6.03 Å². The van der Waals surface area contributed by atoms with Crippen molar-refractivity contribution in [2.75, 3.05) is 31.5 Å². The number of carbonyl (C=O) groups is 1. The molecule has 0 radical (unpaired) electrons. The number of piperazine rings is 1. The van der Waals surface area contributed by atoms with Crippen molar-refractivity contribution in [3.05, 3.63) is 31.3 Å². The zero-order valence-corrected chi connectivity index (χ0v) is 9.15. The van der Waals surface area contributed by atoms with Gasteiger partial charge in [-0.15, -0.1) is 0 Å². The van der Waals surface area contributed by atoms with E-state index in [2.05, 4.69) is 12.4 Å². The lowest BCUT2D eigenvalue weighted by molar-refractivity contribution is 0.178. The van der Waals surface area contributed by atoms with Crippen LogP contribution in [0.25, 0.3) is 0 Å². The Morgan fingerprint density at radius 2 is 1.94 bits per heavy atom. The molecule has 0 atom stereocenters. The quantitative estimate of drug-likeness (QED) is 0.529. The number of carbonyl (C=O) groups excluding carboxylic acids is 1. The molecule has 0 bridgehead atoms. The number of anilines is 1. The van der Waals surface area contributed by atoms with Gasteiger partial charge in [0, 0.05) is 19.2 Å². The Hall–Kier alpha value is -1.39. The van der Waals surface area contributed by atoms with Crippen LogP contribution < -0.4 is 9.80 Å².